The van der Waals surface area contributed by atoms with Gasteiger partial charge in [-0.3, -0.25) is 0 Å². The molecule has 0 spiro atoms. The largest absolute Gasteiger partial charge is 0.496 e. The highest BCUT2D eigenvalue weighted by atomic mass is 32.1. The van der Waals surface area contributed by atoms with Crippen LogP contribution in [0, 0.1) is 6.92 Å². The lowest BCUT2D eigenvalue weighted by Crippen LogP contribution is -2.14. The Morgan fingerprint density at radius 2 is 2.15 bits per heavy atom. The smallest absolute Gasteiger partial charge is 0.121 e. The maximum Gasteiger partial charge on any atom is 0.121 e. The van der Waals surface area contributed by atoms with Gasteiger partial charge in [0.05, 0.1) is 13.0 Å². The predicted octanol–water partition coefficient (Wildman–Crippen LogP) is 2.33. The first kappa shape index (κ1) is 10.3. The molecule has 72 valence electrons. The first-order valence-corrected chi connectivity index (χ1v) is 4.79. The molecule has 0 fully saturated rings. The Balaban J connectivity index is 2.95. The van der Waals surface area contributed by atoms with Gasteiger partial charge in [-0.05, 0) is 30.7 Å². The number of nitrogens with zero attached hydrogens (tertiary/aromatic N) is 1. The molecule has 0 radical (unpaired) electrons. The molecule has 0 heterocycles. The van der Waals surface area contributed by atoms with Crippen molar-refractivity contribution in [2.45, 2.75) is 6.92 Å². The molecule has 1 rings (SSSR count). The van der Waals surface area contributed by atoms with E-state index in [0.717, 1.165) is 17.0 Å². The van der Waals surface area contributed by atoms with Gasteiger partial charge < -0.3 is 9.64 Å². The fourth-order valence-electron chi connectivity index (χ4n) is 1.18. The minimum absolute atomic E-state index is 0.714. The highest BCUT2D eigenvalue weighted by Crippen LogP contribution is 2.23. The van der Waals surface area contributed by atoms with Crippen molar-refractivity contribution in [2.24, 2.45) is 0 Å². The number of benzene rings is 1. The zero-order chi connectivity index (χ0) is 9.84. The highest BCUT2D eigenvalue weighted by Gasteiger charge is 2.02. The Labute approximate surface area is 84.9 Å². The van der Waals surface area contributed by atoms with E-state index in [9.17, 15) is 0 Å². The van der Waals surface area contributed by atoms with Crippen LogP contribution in [0.15, 0.2) is 18.2 Å². The Morgan fingerprint density at radius 1 is 1.46 bits per heavy atom. The molecule has 0 amide bonds. The van der Waals surface area contributed by atoms with Crippen molar-refractivity contribution in [3.8, 4) is 5.75 Å². The number of anilines is 1. The molecule has 0 saturated carbocycles. The third-order valence-corrected chi connectivity index (χ3v) is 2.46. The molecule has 0 aliphatic rings. The van der Waals surface area contributed by atoms with Gasteiger partial charge in [-0.25, -0.2) is 0 Å². The third-order valence-electron chi connectivity index (χ3n) is 2.03. The van der Waals surface area contributed by atoms with Crippen LogP contribution in [0.5, 0.6) is 5.75 Å². The van der Waals surface area contributed by atoms with E-state index < -0.39 is 0 Å². The van der Waals surface area contributed by atoms with Crippen molar-refractivity contribution < 1.29 is 4.74 Å². The van der Waals surface area contributed by atoms with E-state index in [4.69, 9.17) is 4.74 Å². The Morgan fingerprint density at radius 3 is 2.62 bits per heavy atom. The number of hydrogen-bond donors (Lipinski definition) is 1. The lowest BCUT2D eigenvalue weighted by Gasteiger charge is -2.17. The summed E-state index contributed by atoms with van der Waals surface area (Å²) in [6.07, 6.45) is 0. The Hall–Kier alpha value is -0.830. The number of ether oxygens (including phenoxy) is 1. The number of thiol groups is 1. The Bertz CT molecular complexity index is 288. The van der Waals surface area contributed by atoms with E-state index in [1.54, 1.807) is 7.11 Å². The molecular weight excluding hydrogens is 182 g/mol. The minimum atomic E-state index is 0.714. The zero-order valence-electron chi connectivity index (χ0n) is 8.24. The molecule has 3 heteroatoms. The van der Waals surface area contributed by atoms with Gasteiger partial charge in [0.25, 0.3) is 0 Å². The van der Waals surface area contributed by atoms with Crippen LogP contribution >= 0.6 is 12.6 Å². The van der Waals surface area contributed by atoms with Crippen LogP contribution in [-0.2, 0) is 0 Å². The van der Waals surface area contributed by atoms with Crippen LogP contribution in [0.25, 0.3) is 0 Å². The summed E-state index contributed by atoms with van der Waals surface area (Å²) in [5.41, 5.74) is 2.31. The summed E-state index contributed by atoms with van der Waals surface area (Å²) in [4.78, 5) is 2.07. The lowest BCUT2D eigenvalue weighted by atomic mass is 10.2. The van der Waals surface area contributed by atoms with Crippen molar-refractivity contribution in [2.75, 3.05) is 24.9 Å². The summed E-state index contributed by atoms with van der Waals surface area (Å²) in [5, 5.41) is 0. The van der Waals surface area contributed by atoms with Crippen LogP contribution in [-0.4, -0.2) is 20.0 Å². The summed E-state index contributed by atoms with van der Waals surface area (Å²) in [6.45, 7) is 2.04. The summed E-state index contributed by atoms with van der Waals surface area (Å²) < 4.78 is 5.18. The molecule has 0 atom stereocenters. The number of aryl methyl sites for hydroxylation is 1. The zero-order valence-corrected chi connectivity index (χ0v) is 9.14. The van der Waals surface area contributed by atoms with Gasteiger partial charge >= 0.3 is 0 Å². The van der Waals surface area contributed by atoms with E-state index >= 15 is 0 Å². The molecular formula is C10H15NOS. The quantitative estimate of drug-likeness (QED) is 0.590. The normalized spacial score (nSPS) is 9.85. The summed E-state index contributed by atoms with van der Waals surface area (Å²) in [5.74, 6) is 1.64. The highest BCUT2D eigenvalue weighted by molar-refractivity contribution is 7.80. The summed E-state index contributed by atoms with van der Waals surface area (Å²) >= 11 is 4.20. The maximum absolute atomic E-state index is 5.18. The average Bonchev–Trinajstić information content (AvgIpc) is 2.16. The second kappa shape index (κ2) is 4.42. The van der Waals surface area contributed by atoms with Gasteiger partial charge in [0.2, 0.25) is 0 Å². The van der Waals surface area contributed by atoms with Gasteiger partial charge in [-0.2, -0.15) is 12.6 Å². The van der Waals surface area contributed by atoms with Crippen molar-refractivity contribution in [1.82, 2.24) is 0 Å². The lowest BCUT2D eigenvalue weighted by molar-refractivity contribution is 0.411. The molecule has 0 aromatic heterocycles. The molecule has 0 saturated heterocycles. The number of rotatable bonds is 3. The van der Waals surface area contributed by atoms with Gasteiger partial charge in [0.15, 0.2) is 0 Å². The second-order valence-electron chi connectivity index (χ2n) is 2.99. The Kier molecular flexibility index (Phi) is 3.48. The molecule has 0 unspecified atom stereocenters. The fourth-order valence-corrected chi connectivity index (χ4v) is 1.34. The van der Waals surface area contributed by atoms with E-state index in [2.05, 4.69) is 23.6 Å². The van der Waals surface area contributed by atoms with Crippen LogP contribution in [0.2, 0.25) is 0 Å². The van der Waals surface area contributed by atoms with Crippen LogP contribution in [0.4, 0.5) is 5.69 Å². The first-order valence-electron chi connectivity index (χ1n) is 4.15. The van der Waals surface area contributed by atoms with E-state index in [-0.39, 0.29) is 0 Å². The monoisotopic (exact) mass is 197 g/mol. The fraction of sp³-hybridized carbons (Fsp3) is 0.400. The standard InChI is InChI=1S/C10H15NOS/c1-8-6-9(11(2)7-13)4-5-10(8)12-3/h4-6,13H,7H2,1-3H3. The molecule has 0 N–H and O–H groups in total. The van der Waals surface area contributed by atoms with Gasteiger partial charge in [-0.15, -0.1) is 0 Å². The number of methoxy groups -OCH3 is 1. The number of hydrogen-bond acceptors (Lipinski definition) is 3. The van der Waals surface area contributed by atoms with E-state index in [0.29, 0.717) is 5.88 Å². The molecule has 1 aromatic rings. The van der Waals surface area contributed by atoms with Crippen molar-refractivity contribution in [3.63, 3.8) is 0 Å². The molecule has 0 aliphatic heterocycles. The van der Waals surface area contributed by atoms with E-state index in [1.807, 2.05) is 26.1 Å². The maximum atomic E-state index is 5.18. The van der Waals surface area contributed by atoms with Gasteiger partial charge in [0.1, 0.15) is 5.75 Å². The van der Waals surface area contributed by atoms with Gasteiger partial charge in [0, 0.05) is 12.7 Å². The minimum Gasteiger partial charge on any atom is -0.496 e. The summed E-state index contributed by atoms with van der Waals surface area (Å²) in [7, 11) is 3.69. The van der Waals surface area contributed by atoms with E-state index in [1.165, 1.54) is 0 Å². The SMILES string of the molecule is COc1ccc(N(C)CS)cc1C. The van der Waals surface area contributed by atoms with Crippen LogP contribution in [0.3, 0.4) is 0 Å². The summed E-state index contributed by atoms with van der Waals surface area (Å²) in [6, 6.07) is 6.10. The van der Waals surface area contributed by atoms with Crippen molar-refractivity contribution in [3.05, 3.63) is 23.8 Å². The molecule has 0 bridgehead atoms. The molecule has 13 heavy (non-hydrogen) atoms. The van der Waals surface area contributed by atoms with Crippen molar-refractivity contribution in [1.29, 1.82) is 0 Å². The topological polar surface area (TPSA) is 12.5 Å². The first-order chi connectivity index (χ1) is 6.19. The van der Waals surface area contributed by atoms with Gasteiger partial charge in [-0.1, -0.05) is 0 Å². The molecule has 2 nitrogen and oxygen atoms in total. The average molecular weight is 197 g/mol. The van der Waals surface area contributed by atoms with Crippen LogP contribution < -0.4 is 9.64 Å². The molecule has 1 aromatic carbocycles. The van der Waals surface area contributed by atoms with Crippen molar-refractivity contribution >= 4 is 18.3 Å². The second-order valence-corrected chi connectivity index (χ2v) is 3.28. The molecule has 0 aliphatic carbocycles. The predicted molar refractivity (Wildman–Crippen MR) is 60.0 cm³/mol. The van der Waals surface area contributed by atoms with Crippen LogP contribution in [0.1, 0.15) is 5.56 Å². The third kappa shape index (κ3) is 2.31.